The summed E-state index contributed by atoms with van der Waals surface area (Å²) in [5.74, 6) is 0.648. The maximum atomic E-state index is 4.65. The predicted molar refractivity (Wildman–Crippen MR) is 67.5 cm³/mol. The molecule has 2 nitrogen and oxygen atoms in total. The van der Waals surface area contributed by atoms with Gasteiger partial charge >= 0.3 is 0 Å². The lowest BCUT2D eigenvalue weighted by molar-refractivity contribution is 0.382. The average molecular weight is 226 g/mol. The quantitative estimate of drug-likeness (QED) is 0.831. The van der Waals surface area contributed by atoms with Gasteiger partial charge in [0.1, 0.15) is 5.01 Å². The zero-order chi connectivity index (χ0) is 11.4. The van der Waals surface area contributed by atoms with E-state index in [9.17, 15) is 0 Å². The number of aromatic nitrogens is 1. The maximum absolute atomic E-state index is 4.65. The van der Waals surface area contributed by atoms with Crippen LogP contribution in [0.15, 0.2) is 0 Å². The van der Waals surface area contributed by atoms with Gasteiger partial charge in [-0.2, -0.15) is 0 Å². The topological polar surface area (TPSA) is 24.9 Å². The Bertz CT molecular complexity index is 287. The molecule has 1 N–H and O–H groups in total. The molecule has 0 bridgehead atoms. The average Bonchev–Trinajstić information content (AvgIpc) is 2.54. The summed E-state index contributed by atoms with van der Waals surface area (Å²) < 4.78 is 0. The van der Waals surface area contributed by atoms with E-state index < -0.39 is 0 Å². The normalized spacial score (nSPS) is 15.3. The summed E-state index contributed by atoms with van der Waals surface area (Å²) in [4.78, 5) is 6.00. The molecule has 0 fully saturated rings. The van der Waals surface area contributed by atoms with Crippen molar-refractivity contribution in [2.75, 3.05) is 6.54 Å². The molecular weight excluding hydrogens is 204 g/mol. The first kappa shape index (κ1) is 12.7. The molecule has 0 aliphatic carbocycles. The number of aryl methyl sites for hydroxylation is 2. The van der Waals surface area contributed by atoms with Gasteiger partial charge in [0.2, 0.25) is 0 Å². The summed E-state index contributed by atoms with van der Waals surface area (Å²) in [5, 5.41) is 4.79. The van der Waals surface area contributed by atoms with E-state index in [0.717, 1.165) is 6.54 Å². The highest BCUT2D eigenvalue weighted by Crippen LogP contribution is 2.29. The SMILES string of the molecule is CCNC(c1nc(C)c(C)s1)C(C)CC. The lowest BCUT2D eigenvalue weighted by atomic mass is 10.00. The zero-order valence-electron chi connectivity index (χ0n) is 10.4. The summed E-state index contributed by atoms with van der Waals surface area (Å²) in [7, 11) is 0. The Morgan fingerprint density at radius 3 is 2.40 bits per heavy atom. The summed E-state index contributed by atoms with van der Waals surface area (Å²) in [6, 6.07) is 0.428. The molecule has 0 aliphatic heterocycles. The van der Waals surface area contributed by atoms with Gasteiger partial charge in [0.25, 0.3) is 0 Å². The van der Waals surface area contributed by atoms with Crippen molar-refractivity contribution in [3.63, 3.8) is 0 Å². The minimum Gasteiger partial charge on any atom is -0.308 e. The fraction of sp³-hybridized carbons (Fsp3) is 0.750. The molecule has 1 aromatic rings. The molecule has 0 radical (unpaired) electrons. The van der Waals surface area contributed by atoms with Crippen molar-refractivity contribution in [1.82, 2.24) is 10.3 Å². The fourth-order valence-corrected chi connectivity index (χ4v) is 2.75. The number of thiazole rings is 1. The van der Waals surface area contributed by atoms with Gasteiger partial charge in [0.05, 0.1) is 11.7 Å². The van der Waals surface area contributed by atoms with Crippen molar-refractivity contribution in [3.05, 3.63) is 15.6 Å². The van der Waals surface area contributed by atoms with Crippen LogP contribution in [0.25, 0.3) is 0 Å². The summed E-state index contributed by atoms with van der Waals surface area (Å²) in [5.41, 5.74) is 1.18. The van der Waals surface area contributed by atoms with Gasteiger partial charge in [-0.15, -0.1) is 11.3 Å². The molecule has 1 rings (SSSR count). The van der Waals surface area contributed by atoms with Crippen LogP contribution >= 0.6 is 11.3 Å². The molecule has 0 amide bonds. The minimum atomic E-state index is 0.428. The molecular formula is C12H22N2S. The molecule has 1 aromatic heterocycles. The Morgan fingerprint density at radius 1 is 1.33 bits per heavy atom. The van der Waals surface area contributed by atoms with Gasteiger partial charge < -0.3 is 5.32 Å². The van der Waals surface area contributed by atoms with Gasteiger partial charge in [-0.25, -0.2) is 4.98 Å². The maximum Gasteiger partial charge on any atom is 0.110 e. The van der Waals surface area contributed by atoms with Crippen LogP contribution in [0.1, 0.15) is 48.8 Å². The van der Waals surface area contributed by atoms with Crippen LogP contribution in [0.3, 0.4) is 0 Å². The molecule has 0 aromatic carbocycles. The van der Waals surface area contributed by atoms with Crippen LogP contribution in [0, 0.1) is 19.8 Å². The third-order valence-electron chi connectivity index (χ3n) is 2.95. The second-order valence-corrected chi connectivity index (χ2v) is 5.35. The third-order valence-corrected chi connectivity index (χ3v) is 4.10. The van der Waals surface area contributed by atoms with Gasteiger partial charge in [-0.1, -0.05) is 27.2 Å². The standard InChI is InChI=1S/C12H22N2S/c1-6-8(3)11(13-7-2)12-14-9(4)10(5)15-12/h8,11,13H,6-7H2,1-5H3. The molecule has 86 valence electrons. The summed E-state index contributed by atoms with van der Waals surface area (Å²) in [6.07, 6.45) is 1.19. The van der Waals surface area contributed by atoms with E-state index in [2.05, 4.69) is 44.9 Å². The number of nitrogens with zero attached hydrogens (tertiary/aromatic N) is 1. The molecule has 2 unspecified atom stereocenters. The van der Waals surface area contributed by atoms with Crippen molar-refractivity contribution in [2.45, 2.75) is 47.1 Å². The molecule has 2 atom stereocenters. The van der Waals surface area contributed by atoms with Crippen molar-refractivity contribution in [3.8, 4) is 0 Å². The zero-order valence-corrected chi connectivity index (χ0v) is 11.2. The van der Waals surface area contributed by atoms with Crippen molar-refractivity contribution < 1.29 is 0 Å². The van der Waals surface area contributed by atoms with E-state index in [1.54, 1.807) is 0 Å². The van der Waals surface area contributed by atoms with Crippen LogP contribution in [0.5, 0.6) is 0 Å². The van der Waals surface area contributed by atoms with Crippen molar-refractivity contribution >= 4 is 11.3 Å². The van der Waals surface area contributed by atoms with Crippen LogP contribution in [0.4, 0.5) is 0 Å². The van der Waals surface area contributed by atoms with Crippen LogP contribution in [-0.4, -0.2) is 11.5 Å². The van der Waals surface area contributed by atoms with E-state index in [1.165, 1.54) is 22.0 Å². The smallest absolute Gasteiger partial charge is 0.110 e. The van der Waals surface area contributed by atoms with E-state index in [1.807, 2.05) is 11.3 Å². The van der Waals surface area contributed by atoms with E-state index in [-0.39, 0.29) is 0 Å². The van der Waals surface area contributed by atoms with Crippen molar-refractivity contribution in [2.24, 2.45) is 5.92 Å². The lowest BCUT2D eigenvalue weighted by Crippen LogP contribution is -2.26. The number of hydrogen-bond donors (Lipinski definition) is 1. The first-order valence-electron chi connectivity index (χ1n) is 5.77. The van der Waals surface area contributed by atoms with Crippen molar-refractivity contribution in [1.29, 1.82) is 0 Å². The first-order valence-corrected chi connectivity index (χ1v) is 6.59. The highest BCUT2D eigenvalue weighted by molar-refractivity contribution is 7.11. The Hall–Kier alpha value is -0.410. The molecule has 0 saturated carbocycles. The number of nitrogens with one attached hydrogen (secondary N) is 1. The summed E-state index contributed by atoms with van der Waals surface area (Å²) in [6.45, 7) is 11.9. The Kier molecular flexibility index (Phi) is 4.74. The van der Waals surface area contributed by atoms with E-state index in [4.69, 9.17) is 0 Å². The highest BCUT2D eigenvalue weighted by Gasteiger charge is 2.20. The number of rotatable bonds is 5. The van der Waals surface area contributed by atoms with E-state index >= 15 is 0 Å². The first-order chi connectivity index (χ1) is 7.10. The molecule has 3 heteroatoms. The Labute approximate surface area is 97.1 Å². The fourth-order valence-electron chi connectivity index (χ4n) is 1.62. The molecule has 15 heavy (non-hydrogen) atoms. The number of hydrogen-bond acceptors (Lipinski definition) is 3. The molecule has 0 saturated heterocycles. The van der Waals surface area contributed by atoms with E-state index in [0.29, 0.717) is 12.0 Å². The van der Waals surface area contributed by atoms with Crippen LogP contribution in [0.2, 0.25) is 0 Å². The van der Waals surface area contributed by atoms with Gasteiger partial charge in [-0.05, 0) is 26.3 Å². The van der Waals surface area contributed by atoms with Gasteiger partial charge in [0, 0.05) is 4.88 Å². The summed E-state index contributed by atoms with van der Waals surface area (Å²) >= 11 is 1.83. The molecule has 1 heterocycles. The highest BCUT2D eigenvalue weighted by atomic mass is 32.1. The Balaban J connectivity index is 2.88. The van der Waals surface area contributed by atoms with Gasteiger partial charge in [0.15, 0.2) is 0 Å². The largest absolute Gasteiger partial charge is 0.308 e. The molecule has 0 aliphatic rings. The van der Waals surface area contributed by atoms with Gasteiger partial charge in [-0.3, -0.25) is 0 Å². The monoisotopic (exact) mass is 226 g/mol. The Morgan fingerprint density at radius 2 is 2.00 bits per heavy atom. The predicted octanol–water partition coefficient (Wildman–Crippen LogP) is 3.46. The third kappa shape index (κ3) is 3.02. The lowest BCUT2D eigenvalue weighted by Gasteiger charge is -2.21. The second kappa shape index (κ2) is 5.61. The second-order valence-electron chi connectivity index (χ2n) is 4.11. The molecule has 0 spiro atoms. The minimum absolute atomic E-state index is 0.428. The van der Waals surface area contributed by atoms with Crippen LogP contribution < -0.4 is 5.32 Å². The van der Waals surface area contributed by atoms with Crippen LogP contribution in [-0.2, 0) is 0 Å².